The van der Waals surface area contributed by atoms with Crippen LogP contribution in [0.15, 0.2) is 18.2 Å². The first-order valence-corrected chi connectivity index (χ1v) is 6.92. The molecular weight excluding hydrogens is 226 g/mol. The molecule has 2 N–H and O–H groups in total. The number of nitrogens with zero attached hydrogens (tertiary/aromatic N) is 2. The molecule has 18 heavy (non-hydrogen) atoms. The Bertz CT molecular complexity index is 423. The summed E-state index contributed by atoms with van der Waals surface area (Å²) in [6.45, 7) is 4.96. The predicted molar refractivity (Wildman–Crippen MR) is 72.8 cm³/mol. The van der Waals surface area contributed by atoms with Gasteiger partial charge in [0.25, 0.3) is 0 Å². The van der Waals surface area contributed by atoms with Gasteiger partial charge in [-0.1, -0.05) is 6.07 Å². The Labute approximate surface area is 108 Å². The number of anilines is 2. The van der Waals surface area contributed by atoms with Crippen LogP contribution in [0, 0.1) is 11.8 Å². The number of aliphatic hydroxyl groups is 1. The topological polar surface area (TPSA) is 48.4 Å². The maximum absolute atomic E-state index is 9.94. The van der Waals surface area contributed by atoms with Crippen molar-refractivity contribution in [3.8, 4) is 0 Å². The Morgan fingerprint density at radius 3 is 3.06 bits per heavy atom. The van der Waals surface area contributed by atoms with Crippen LogP contribution in [0.1, 0.15) is 19.8 Å². The molecule has 1 saturated heterocycles. The van der Waals surface area contributed by atoms with Gasteiger partial charge in [-0.3, -0.25) is 0 Å². The Morgan fingerprint density at radius 2 is 2.28 bits per heavy atom. The zero-order valence-electron chi connectivity index (χ0n) is 10.8. The van der Waals surface area contributed by atoms with E-state index < -0.39 is 0 Å². The lowest BCUT2D eigenvalue weighted by molar-refractivity contribution is 0.133. The maximum atomic E-state index is 9.94. The SMILES string of the molecule is CCNc1cccc(N2CC3CCC(O)C3C2)n1. The first kappa shape index (κ1) is 11.8. The molecule has 3 rings (SSSR count). The van der Waals surface area contributed by atoms with Gasteiger partial charge in [-0.25, -0.2) is 4.98 Å². The predicted octanol–water partition coefficient (Wildman–Crippen LogP) is 1.72. The van der Waals surface area contributed by atoms with Crippen molar-refractivity contribution < 1.29 is 5.11 Å². The Morgan fingerprint density at radius 1 is 1.39 bits per heavy atom. The average molecular weight is 247 g/mol. The maximum Gasteiger partial charge on any atom is 0.130 e. The van der Waals surface area contributed by atoms with Gasteiger partial charge in [0.1, 0.15) is 11.6 Å². The molecule has 0 bridgehead atoms. The second kappa shape index (κ2) is 4.76. The van der Waals surface area contributed by atoms with Crippen LogP contribution in [0.5, 0.6) is 0 Å². The van der Waals surface area contributed by atoms with E-state index in [1.54, 1.807) is 0 Å². The van der Waals surface area contributed by atoms with Gasteiger partial charge in [-0.2, -0.15) is 0 Å². The van der Waals surface area contributed by atoms with Crippen molar-refractivity contribution in [3.63, 3.8) is 0 Å². The molecule has 0 radical (unpaired) electrons. The summed E-state index contributed by atoms with van der Waals surface area (Å²) in [5.41, 5.74) is 0. The highest BCUT2D eigenvalue weighted by Gasteiger charge is 2.42. The summed E-state index contributed by atoms with van der Waals surface area (Å²) < 4.78 is 0. The molecule has 3 atom stereocenters. The number of hydrogen-bond acceptors (Lipinski definition) is 4. The fourth-order valence-electron chi connectivity index (χ4n) is 3.30. The fourth-order valence-corrected chi connectivity index (χ4v) is 3.30. The Kier molecular flexibility index (Phi) is 3.12. The third-order valence-corrected chi connectivity index (χ3v) is 4.24. The average Bonchev–Trinajstić information content (AvgIpc) is 2.93. The van der Waals surface area contributed by atoms with Gasteiger partial charge in [0.05, 0.1) is 6.10 Å². The molecule has 0 amide bonds. The van der Waals surface area contributed by atoms with Crippen molar-refractivity contribution in [3.05, 3.63) is 18.2 Å². The Hall–Kier alpha value is -1.29. The minimum absolute atomic E-state index is 0.100. The summed E-state index contributed by atoms with van der Waals surface area (Å²) >= 11 is 0. The summed E-state index contributed by atoms with van der Waals surface area (Å²) in [4.78, 5) is 6.95. The van der Waals surface area contributed by atoms with Gasteiger partial charge in [0, 0.05) is 25.6 Å². The van der Waals surface area contributed by atoms with E-state index in [1.807, 2.05) is 12.1 Å². The van der Waals surface area contributed by atoms with Crippen LogP contribution in [-0.4, -0.2) is 35.8 Å². The van der Waals surface area contributed by atoms with Crippen LogP contribution >= 0.6 is 0 Å². The monoisotopic (exact) mass is 247 g/mol. The van der Waals surface area contributed by atoms with E-state index in [9.17, 15) is 5.11 Å². The summed E-state index contributed by atoms with van der Waals surface area (Å²) in [6.07, 6.45) is 2.04. The number of aromatic nitrogens is 1. The minimum Gasteiger partial charge on any atom is -0.393 e. The number of aliphatic hydroxyl groups excluding tert-OH is 1. The first-order valence-electron chi connectivity index (χ1n) is 6.92. The molecule has 2 aliphatic rings. The van der Waals surface area contributed by atoms with E-state index in [1.165, 1.54) is 0 Å². The zero-order valence-corrected chi connectivity index (χ0v) is 10.8. The van der Waals surface area contributed by atoms with Gasteiger partial charge < -0.3 is 15.3 Å². The van der Waals surface area contributed by atoms with E-state index in [-0.39, 0.29) is 6.10 Å². The number of fused-ring (bicyclic) bond motifs is 1. The molecule has 4 heteroatoms. The fraction of sp³-hybridized carbons (Fsp3) is 0.643. The third kappa shape index (κ3) is 2.05. The van der Waals surface area contributed by atoms with Crippen LogP contribution in [0.2, 0.25) is 0 Å². The van der Waals surface area contributed by atoms with Crippen molar-refractivity contribution in [2.75, 3.05) is 29.9 Å². The molecule has 4 nitrogen and oxygen atoms in total. The molecule has 0 aromatic carbocycles. The van der Waals surface area contributed by atoms with E-state index in [0.717, 1.165) is 44.1 Å². The second-order valence-corrected chi connectivity index (χ2v) is 5.38. The smallest absolute Gasteiger partial charge is 0.130 e. The first-order chi connectivity index (χ1) is 8.78. The highest BCUT2D eigenvalue weighted by Crippen LogP contribution is 2.39. The van der Waals surface area contributed by atoms with Gasteiger partial charge in [0.15, 0.2) is 0 Å². The molecule has 1 saturated carbocycles. The summed E-state index contributed by atoms with van der Waals surface area (Å²) in [7, 11) is 0. The van der Waals surface area contributed by atoms with Gasteiger partial charge in [-0.15, -0.1) is 0 Å². The van der Waals surface area contributed by atoms with Crippen molar-refractivity contribution >= 4 is 11.6 Å². The van der Waals surface area contributed by atoms with Crippen LogP contribution in [-0.2, 0) is 0 Å². The van der Waals surface area contributed by atoms with Crippen LogP contribution in [0.3, 0.4) is 0 Å². The Balaban J connectivity index is 1.74. The normalized spacial score (nSPS) is 30.6. The molecule has 2 fully saturated rings. The van der Waals surface area contributed by atoms with Gasteiger partial charge >= 0.3 is 0 Å². The van der Waals surface area contributed by atoms with Crippen molar-refractivity contribution in [2.45, 2.75) is 25.9 Å². The van der Waals surface area contributed by atoms with Crippen LogP contribution < -0.4 is 10.2 Å². The number of pyridine rings is 1. The van der Waals surface area contributed by atoms with Gasteiger partial charge in [0.2, 0.25) is 0 Å². The number of nitrogens with one attached hydrogen (secondary N) is 1. The molecule has 2 heterocycles. The van der Waals surface area contributed by atoms with E-state index in [4.69, 9.17) is 0 Å². The van der Waals surface area contributed by atoms with E-state index in [2.05, 4.69) is 28.2 Å². The van der Waals surface area contributed by atoms with Crippen LogP contribution in [0.25, 0.3) is 0 Å². The summed E-state index contributed by atoms with van der Waals surface area (Å²) in [6, 6.07) is 6.11. The molecule has 98 valence electrons. The second-order valence-electron chi connectivity index (χ2n) is 5.38. The molecule has 0 spiro atoms. The molecule has 1 aromatic heterocycles. The van der Waals surface area contributed by atoms with E-state index in [0.29, 0.717) is 11.8 Å². The van der Waals surface area contributed by atoms with Crippen LogP contribution in [0.4, 0.5) is 11.6 Å². The molecule has 3 unspecified atom stereocenters. The third-order valence-electron chi connectivity index (χ3n) is 4.24. The van der Waals surface area contributed by atoms with Crippen molar-refractivity contribution in [2.24, 2.45) is 11.8 Å². The molecule has 1 aliphatic carbocycles. The number of hydrogen-bond donors (Lipinski definition) is 2. The zero-order chi connectivity index (χ0) is 12.5. The van der Waals surface area contributed by atoms with Gasteiger partial charge in [-0.05, 0) is 37.8 Å². The highest BCUT2D eigenvalue weighted by atomic mass is 16.3. The standard InChI is InChI=1S/C14H21N3O/c1-2-15-13-4-3-5-14(16-13)17-8-10-6-7-12(18)11(10)9-17/h3-5,10-12,18H,2,6-9H2,1H3,(H,15,16). The largest absolute Gasteiger partial charge is 0.393 e. The number of rotatable bonds is 3. The lowest BCUT2D eigenvalue weighted by Gasteiger charge is -2.20. The molecule has 1 aromatic rings. The summed E-state index contributed by atoms with van der Waals surface area (Å²) in [5.74, 6) is 3.09. The lowest BCUT2D eigenvalue weighted by Crippen LogP contribution is -2.25. The minimum atomic E-state index is -0.100. The lowest BCUT2D eigenvalue weighted by atomic mass is 10.00. The van der Waals surface area contributed by atoms with E-state index >= 15 is 0 Å². The van der Waals surface area contributed by atoms with Crippen molar-refractivity contribution in [1.29, 1.82) is 0 Å². The molecular formula is C14H21N3O. The molecule has 1 aliphatic heterocycles. The van der Waals surface area contributed by atoms with Crippen molar-refractivity contribution in [1.82, 2.24) is 4.98 Å². The highest BCUT2D eigenvalue weighted by molar-refractivity contribution is 5.48. The quantitative estimate of drug-likeness (QED) is 0.854. The summed E-state index contributed by atoms with van der Waals surface area (Å²) in [5, 5.41) is 13.2.